The molecule has 128 valence electrons. The highest BCUT2D eigenvalue weighted by Gasteiger charge is 2.16. The van der Waals surface area contributed by atoms with Gasteiger partial charge in [-0.2, -0.15) is 0 Å². The molecule has 0 saturated carbocycles. The van der Waals surface area contributed by atoms with Crippen molar-refractivity contribution in [3.05, 3.63) is 47.8 Å². The molecule has 1 aliphatic rings. The fourth-order valence-electron chi connectivity index (χ4n) is 2.72. The third-order valence-corrected chi connectivity index (χ3v) is 4.02. The summed E-state index contributed by atoms with van der Waals surface area (Å²) in [6, 6.07) is 10.8. The predicted octanol–water partition coefficient (Wildman–Crippen LogP) is 2.27. The summed E-state index contributed by atoms with van der Waals surface area (Å²) in [5, 5.41) is 2.89. The van der Waals surface area contributed by atoms with Crippen LogP contribution in [0.2, 0.25) is 0 Å². The highest BCUT2D eigenvalue weighted by Crippen LogP contribution is 2.32. The first kappa shape index (κ1) is 15.3. The molecule has 4 rings (SSSR count). The van der Waals surface area contributed by atoms with Crippen molar-refractivity contribution in [2.24, 2.45) is 0 Å². The van der Waals surface area contributed by atoms with E-state index in [1.807, 2.05) is 18.2 Å². The Labute approximate surface area is 143 Å². The van der Waals surface area contributed by atoms with Crippen molar-refractivity contribution in [3.8, 4) is 17.2 Å². The Morgan fingerprint density at radius 2 is 2.12 bits per heavy atom. The maximum atomic E-state index is 12.2. The summed E-state index contributed by atoms with van der Waals surface area (Å²) in [5.74, 6) is 2.69. The van der Waals surface area contributed by atoms with Gasteiger partial charge in [-0.05, 0) is 30.3 Å². The van der Waals surface area contributed by atoms with Gasteiger partial charge in [-0.3, -0.25) is 4.79 Å². The van der Waals surface area contributed by atoms with Crippen LogP contribution < -0.4 is 19.5 Å². The van der Waals surface area contributed by atoms with E-state index in [1.165, 1.54) is 0 Å². The number of nitrogens with zero attached hydrogens (tertiary/aromatic N) is 1. The second-order valence-electron chi connectivity index (χ2n) is 5.64. The van der Waals surface area contributed by atoms with Gasteiger partial charge in [-0.25, -0.2) is 4.98 Å². The molecule has 1 amide bonds. The number of hydrogen-bond donors (Lipinski definition) is 2. The number of H-pyrrole nitrogens is 1. The van der Waals surface area contributed by atoms with Crippen LogP contribution in [0.1, 0.15) is 16.2 Å². The van der Waals surface area contributed by atoms with Crippen molar-refractivity contribution < 1.29 is 19.0 Å². The number of rotatable bonds is 5. The predicted molar refractivity (Wildman–Crippen MR) is 91.2 cm³/mol. The molecule has 0 aliphatic carbocycles. The number of carbonyl (C=O) groups is 1. The number of imidazole rings is 1. The van der Waals surface area contributed by atoms with Crippen LogP contribution in [0.4, 0.5) is 0 Å². The third-order valence-electron chi connectivity index (χ3n) is 4.02. The lowest BCUT2D eigenvalue weighted by molar-refractivity contribution is 0.0953. The van der Waals surface area contributed by atoms with E-state index in [0.717, 1.165) is 22.6 Å². The van der Waals surface area contributed by atoms with Gasteiger partial charge in [0.25, 0.3) is 5.91 Å². The van der Waals surface area contributed by atoms with Crippen LogP contribution in [-0.4, -0.2) is 36.3 Å². The molecule has 2 N–H and O–H groups in total. The molecule has 2 aromatic carbocycles. The summed E-state index contributed by atoms with van der Waals surface area (Å²) in [7, 11) is 1.63. The van der Waals surface area contributed by atoms with Gasteiger partial charge in [0.2, 0.25) is 6.79 Å². The van der Waals surface area contributed by atoms with E-state index in [2.05, 4.69) is 15.3 Å². The molecule has 2 heterocycles. The average Bonchev–Trinajstić information content (AvgIpc) is 3.26. The molecule has 0 spiro atoms. The molecule has 1 aliphatic heterocycles. The minimum atomic E-state index is -0.156. The van der Waals surface area contributed by atoms with E-state index in [4.69, 9.17) is 14.2 Å². The molecule has 1 aromatic heterocycles. The number of aromatic nitrogens is 2. The molecule has 7 nitrogen and oxygen atoms in total. The smallest absolute Gasteiger partial charge is 0.251 e. The first-order valence-corrected chi connectivity index (χ1v) is 7.93. The SMILES string of the molecule is COc1ccc2nc(CCNC(=O)c3ccc4c(c3)OCO4)[nH]c2c1. The zero-order chi connectivity index (χ0) is 17.2. The van der Waals surface area contributed by atoms with Crippen molar-refractivity contribution >= 4 is 16.9 Å². The van der Waals surface area contributed by atoms with Gasteiger partial charge in [0.1, 0.15) is 11.6 Å². The molecule has 3 aromatic rings. The Hall–Kier alpha value is -3.22. The number of nitrogens with one attached hydrogen (secondary N) is 2. The topological polar surface area (TPSA) is 85.5 Å². The summed E-state index contributed by atoms with van der Waals surface area (Å²) in [5.41, 5.74) is 2.33. The normalized spacial score (nSPS) is 12.4. The second kappa shape index (κ2) is 6.35. The largest absolute Gasteiger partial charge is 0.497 e. The molecule has 0 saturated heterocycles. The fraction of sp³-hybridized carbons (Fsp3) is 0.222. The minimum Gasteiger partial charge on any atom is -0.497 e. The lowest BCUT2D eigenvalue weighted by Gasteiger charge is -2.05. The van der Waals surface area contributed by atoms with E-state index >= 15 is 0 Å². The molecular weight excluding hydrogens is 322 g/mol. The molecule has 0 atom stereocenters. The zero-order valence-corrected chi connectivity index (χ0v) is 13.7. The summed E-state index contributed by atoms with van der Waals surface area (Å²) >= 11 is 0. The first-order valence-electron chi connectivity index (χ1n) is 7.93. The van der Waals surface area contributed by atoms with Crippen LogP contribution in [0.3, 0.4) is 0 Å². The highest BCUT2D eigenvalue weighted by atomic mass is 16.7. The van der Waals surface area contributed by atoms with Crippen LogP contribution in [0.5, 0.6) is 17.2 Å². The van der Waals surface area contributed by atoms with Crippen molar-refractivity contribution in [2.75, 3.05) is 20.4 Å². The maximum absolute atomic E-state index is 12.2. The Balaban J connectivity index is 1.38. The monoisotopic (exact) mass is 339 g/mol. The fourth-order valence-corrected chi connectivity index (χ4v) is 2.72. The second-order valence-corrected chi connectivity index (χ2v) is 5.64. The molecule has 0 unspecified atom stereocenters. The van der Waals surface area contributed by atoms with Gasteiger partial charge in [-0.1, -0.05) is 0 Å². The number of carbonyl (C=O) groups excluding carboxylic acids is 1. The van der Waals surface area contributed by atoms with Gasteiger partial charge in [-0.15, -0.1) is 0 Å². The Kier molecular flexibility index (Phi) is 3.89. The summed E-state index contributed by atoms with van der Waals surface area (Å²) in [6.45, 7) is 0.668. The van der Waals surface area contributed by atoms with Crippen molar-refractivity contribution in [1.82, 2.24) is 15.3 Å². The lowest BCUT2D eigenvalue weighted by Crippen LogP contribution is -2.25. The number of fused-ring (bicyclic) bond motifs is 2. The van der Waals surface area contributed by atoms with Crippen molar-refractivity contribution in [2.45, 2.75) is 6.42 Å². The average molecular weight is 339 g/mol. The first-order chi connectivity index (χ1) is 12.2. The lowest BCUT2D eigenvalue weighted by atomic mass is 10.2. The van der Waals surface area contributed by atoms with E-state index in [1.54, 1.807) is 25.3 Å². The molecule has 0 radical (unpaired) electrons. The van der Waals surface area contributed by atoms with E-state index < -0.39 is 0 Å². The number of ether oxygens (including phenoxy) is 3. The van der Waals surface area contributed by atoms with E-state index in [-0.39, 0.29) is 12.7 Å². The van der Waals surface area contributed by atoms with Crippen LogP contribution >= 0.6 is 0 Å². The Bertz CT molecular complexity index is 935. The molecule has 0 bridgehead atoms. The summed E-state index contributed by atoms with van der Waals surface area (Å²) in [6.07, 6.45) is 0.604. The molecule has 0 fully saturated rings. The van der Waals surface area contributed by atoms with Gasteiger partial charge >= 0.3 is 0 Å². The summed E-state index contributed by atoms with van der Waals surface area (Å²) < 4.78 is 15.7. The number of hydrogen-bond acceptors (Lipinski definition) is 5. The van der Waals surface area contributed by atoms with Crippen LogP contribution in [0, 0.1) is 0 Å². The van der Waals surface area contributed by atoms with Crippen LogP contribution in [-0.2, 0) is 6.42 Å². The number of benzene rings is 2. The zero-order valence-electron chi connectivity index (χ0n) is 13.7. The van der Waals surface area contributed by atoms with Gasteiger partial charge in [0.15, 0.2) is 11.5 Å². The number of aromatic amines is 1. The van der Waals surface area contributed by atoms with Gasteiger partial charge in [0, 0.05) is 24.6 Å². The maximum Gasteiger partial charge on any atom is 0.251 e. The quantitative estimate of drug-likeness (QED) is 0.745. The molecule has 25 heavy (non-hydrogen) atoms. The van der Waals surface area contributed by atoms with Crippen molar-refractivity contribution in [3.63, 3.8) is 0 Å². The van der Waals surface area contributed by atoms with Crippen molar-refractivity contribution in [1.29, 1.82) is 0 Å². The highest BCUT2D eigenvalue weighted by molar-refractivity contribution is 5.94. The third kappa shape index (κ3) is 3.08. The van der Waals surface area contributed by atoms with E-state index in [9.17, 15) is 4.79 Å². The summed E-state index contributed by atoms with van der Waals surface area (Å²) in [4.78, 5) is 20.0. The minimum absolute atomic E-state index is 0.156. The number of methoxy groups -OCH3 is 1. The van der Waals surface area contributed by atoms with Crippen LogP contribution in [0.25, 0.3) is 11.0 Å². The molecule has 7 heteroatoms. The van der Waals surface area contributed by atoms with Gasteiger partial charge < -0.3 is 24.5 Å². The Morgan fingerprint density at radius 1 is 1.24 bits per heavy atom. The van der Waals surface area contributed by atoms with Crippen LogP contribution in [0.15, 0.2) is 36.4 Å². The number of amides is 1. The van der Waals surface area contributed by atoms with Gasteiger partial charge in [0.05, 0.1) is 18.1 Å². The molecular formula is C18H17N3O4. The standard InChI is InChI=1S/C18H17N3O4/c1-23-12-3-4-13-14(9-12)21-17(20-13)6-7-19-18(22)11-2-5-15-16(8-11)25-10-24-15/h2-5,8-9H,6-7,10H2,1H3,(H,19,22)(H,20,21). The Morgan fingerprint density at radius 3 is 3.00 bits per heavy atom. The van der Waals surface area contributed by atoms with E-state index in [0.29, 0.717) is 30.0 Å².